The minimum atomic E-state index is -0.0754. The molecule has 0 saturated carbocycles. The lowest BCUT2D eigenvalue weighted by Crippen LogP contribution is -3.08. The van der Waals surface area contributed by atoms with Crippen LogP contribution in [0.25, 0.3) is 0 Å². The van der Waals surface area contributed by atoms with Gasteiger partial charge >= 0.3 is 0 Å². The van der Waals surface area contributed by atoms with E-state index in [9.17, 15) is 9.59 Å². The maximum Gasteiger partial charge on any atom is 0.277 e. The van der Waals surface area contributed by atoms with Gasteiger partial charge in [-0.2, -0.15) is 0 Å². The van der Waals surface area contributed by atoms with Gasteiger partial charge in [-0.05, 0) is 25.0 Å². The summed E-state index contributed by atoms with van der Waals surface area (Å²) in [7, 11) is 3.67. The van der Waals surface area contributed by atoms with Gasteiger partial charge in [0, 0.05) is 31.3 Å². The molecule has 0 bridgehead atoms. The van der Waals surface area contributed by atoms with Crippen LogP contribution in [0.3, 0.4) is 0 Å². The van der Waals surface area contributed by atoms with Gasteiger partial charge in [0.2, 0.25) is 0 Å². The lowest BCUT2D eigenvalue weighted by Gasteiger charge is -2.22. The van der Waals surface area contributed by atoms with Crippen LogP contribution in [0.15, 0.2) is 24.3 Å². The molecule has 23 heavy (non-hydrogen) atoms. The van der Waals surface area contributed by atoms with E-state index in [1.54, 1.807) is 7.05 Å². The van der Waals surface area contributed by atoms with Gasteiger partial charge < -0.3 is 15.1 Å². The zero-order valence-corrected chi connectivity index (χ0v) is 14.2. The summed E-state index contributed by atoms with van der Waals surface area (Å²) >= 11 is 0. The molecule has 0 radical (unpaired) electrons. The van der Waals surface area contributed by atoms with Crippen LogP contribution in [0.4, 0.5) is 0 Å². The fraction of sp³-hybridized carbons (Fsp3) is 0.556. The molecule has 126 valence electrons. The van der Waals surface area contributed by atoms with E-state index < -0.39 is 0 Å². The second kappa shape index (κ2) is 8.67. The van der Waals surface area contributed by atoms with Crippen molar-refractivity contribution in [3.8, 4) is 0 Å². The summed E-state index contributed by atoms with van der Waals surface area (Å²) in [5, 5.41) is 2.61. The summed E-state index contributed by atoms with van der Waals surface area (Å²) in [6.45, 7) is 3.13. The molecule has 1 aromatic rings. The van der Waals surface area contributed by atoms with Crippen molar-refractivity contribution in [2.24, 2.45) is 0 Å². The Hall–Kier alpha value is -1.88. The molecule has 1 unspecified atom stereocenters. The highest BCUT2D eigenvalue weighted by Crippen LogP contribution is 2.09. The molecule has 2 rings (SSSR count). The van der Waals surface area contributed by atoms with Gasteiger partial charge in [-0.1, -0.05) is 25.0 Å². The Morgan fingerprint density at radius 3 is 2.26 bits per heavy atom. The quantitative estimate of drug-likeness (QED) is 0.829. The third-order valence-corrected chi connectivity index (χ3v) is 4.36. The van der Waals surface area contributed by atoms with E-state index in [1.807, 2.05) is 36.2 Å². The maximum atomic E-state index is 12.4. The van der Waals surface area contributed by atoms with Crippen molar-refractivity contribution in [3.05, 3.63) is 35.4 Å². The van der Waals surface area contributed by atoms with Crippen LogP contribution < -0.4 is 10.2 Å². The number of likely N-dealkylation sites (tertiary alicyclic amines) is 1. The van der Waals surface area contributed by atoms with Crippen molar-refractivity contribution in [2.75, 3.05) is 33.7 Å². The smallest absolute Gasteiger partial charge is 0.277 e. The summed E-state index contributed by atoms with van der Waals surface area (Å²) in [4.78, 5) is 27.1. The first kappa shape index (κ1) is 17.5. The van der Waals surface area contributed by atoms with E-state index in [1.165, 1.54) is 17.7 Å². The molecule has 1 heterocycles. The molecule has 0 aromatic heterocycles. The van der Waals surface area contributed by atoms with E-state index in [0.717, 1.165) is 38.0 Å². The van der Waals surface area contributed by atoms with Gasteiger partial charge in [-0.25, -0.2) is 0 Å². The average molecular weight is 318 g/mol. The molecule has 1 aliphatic heterocycles. The molecule has 1 aromatic carbocycles. The predicted octanol–water partition coefficient (Wildman–Crippen LogP) is 0.464. The summed E-state index contributed by atoms with van der Waals surface area (Å²) < 4.78 is 0. The first-order valence-corrected chi connectivity index (χ1v) is 8.50. The zero-order valence-electron chi connectivity index (χ0n) is 14.2. The van der Waals surface area contributed by atoms with Crippen molar-refractivity contribution in [1.82, 2.24) is 10.2 Å². The monoisotopic (exact) mass is 318 g/mol. The standard InChI is InChI=1S/C18H27N3O2/c1-19-18(23)16-9-7-15(8-10-16)13-20(2)14-17(22)21-11-5-3-4-6-12-21/h7-10H,3-6,11-14H2,1-2H3,(H,19,23)/p+1. The van der Waals surface area contributed by atoms with E-state index >= 15 is 0 Å². The van der Waals surface area contributed by atoms with Gasteiger partial charge in [-0.3, -0.25) is 9.59 Å². The Morgan fingerprint density at radius 1 is 1.09 bits per heavy atom. The number of quaternary nitrogens is 1. The van der Waals surface area contributed by atoms with Crippen LogP contribution in [-0.4, -0.2) is 50.4 Å². The van der Waals surface area contributed by atoms with Crippen LogP contribution >= 0.6 is 0 Å². The Kier molecular flexibility index (Phi) is 6.59. The van der Waals surface area contributed by atoms with E-state index in [0.29, 0.717) is 12.1 Å². The molecule has 5 heteroatoms. The number of carbonyl (C=O) groups excluding carboxylic acids is 2. The molecular formula is C18H28N3O2+. The Balaban J connectivity index is 1.84. The molecular weight excluding hydrogens is 290 g/mol. The van der Waals surface area contributed by atoms with Gasteiger partial charge in [0.15, 0.2) is 6.54 Å². The summed E-state index contributed by atoms with van der Waals surface area (Å²) in [5.41, 5.74) is 1.80. The number of benzene rings is 1. The topological polar surface area (TPSA) is 53.9 Å². The number of likely N-dealkylation sites (N-methyl/N-ethyl adjacent to an activating group) is 1. The van der Waals surface area contributed by atoms with Crippen LogP contribution in [0.2, 0.25) is 0 Å². The SMILES string of the molecule is CNC(=O)c1ccc(C[NH+](C)CC(=O)N2CCCCCC2)cc1. The van der Waals surface area contributed by atoms with E-state index in [2.05, 4.69) is 5.32 Å². The highest BCUT2D eigenvalue weighted by Gasteiger charge is 2.19. The second-order valence-electron chi connectivity index (χ2n) is 6.38. The zero-order chi connectivity index (χ0) is 16.7. The van der Waals surface area contributed by atoms with Crippen molar-refractivity contribution < 1.29 is 14.5 Å². The van der Waals surface area contributed by atoms with Crippen LogP contribution in [0.1, 0.15) is 41.6 Å². The molecule has 5 nitrogen and oxygen atoms in total. The van der Waals surface area contributed by atoms with Gasteiger partial charge in [0.1, 0.15) is 6.54 Å². The highest BCUT2D eigenvalue weighted by molar-refractivity contribution is 5.93. The Morgan fingerprint density at radius 2 is 1.70 bits per heavy atom. The first-order valence-electron chi connectivity index (χ1n) is 8.50. The van der Waals surface area contributed by atoms with Crippen LogP contribution in [0, 0.1) is 0 Å². The molecule has 0 spiro atoms. The molecule has 2 N–H and O–H groups in total. The largest absolute Gasteiger partial charge is 0.355 e. The molecule has 1 aliphatic rings. The number of hydrogen-bond donors (Lipinski definition) is 2. The summed E-state index contributed by atoms with van der Waals surface area (Å²) in [6.07, 6.45) is 4.74. The molecule has 0 aliphatic carbocycles. The van der Waals surface area contributed by atoms with Crippen molar-refractivity contribution in [1.29, 1.82) is 0 Å². The number of hydrogen-bond acceptors (Lipinski definition) is 2. The normalized spacial score (nSPS) is 16.5. The highest BCUT2D eigenvalue weighted by atomic mass is 16.2. The molecule has 1 atom stereocenters. The van der Waals surface area contributed by atoms with E-state index in [-0.39, 0.29) is 11.8 Å². The fourth-order valence-electron chi connectivity index (χ4n) is 3.02. The Bertz CT molecular complexity index is 520. The summed E-state index contributed by atoms with van der Waals surface area (Å²) in [5.74, 6) is 0.181. The minimum absolute atomic E-state index is 0.0754. The van der Waals surface area contributed by atoms with Crippen LogP contribution in [-0.2, 0) is 11.3 Å². The van der Waals surface area contributed by atoms with E-state index in [4.69, 9.17) is 0 Å². The minimum Gasteiger partial charge on any atom is -0.355 e. The first-order chi connectivity index (χ1) is 11.1. The number of nitrogens with zero attached hydrogens (tertiary/aromatic N) is 1. The van der Waals surface area contributed by atoms with Crippen molar-refractivity contribution >= 4 is 11.8 Å². The lowest BCUT2D eigenvalue weighted by atomic mass is 10.1. The van der Waals surface area contributed by atoms with Gasteiger partial charge in [-0.15, -0.1) is 0 Å². The molecule has 2 amide bonds. The van der Waals surface area contributed by atoms with Crippen molar-refractivity contribution in [2.45, 2.75) is 32.2 Å². The lowest BCUT2D eigenvalue weighted by molar-refractivity contribution is -0.885. The predicted molar refractivity (Wildman–Crippen MR) is 90.3 cm³/mol. The molecule has 1 saturated heterocycles. The van der Waals surface area contributed by atoms with Crippen LogP contribution in [0.5, 0.6) is 0 Å². The number of amides is 2. The van der Waals surface area contributed by atoms with Gasteiger partial charge in [0.05, 0.1) is 7.05 Å². The Labute approximate surface area is 138 Å². The number of rotatable bonds is 5. The summed E-state index contributed by atoms with van der Waals surface area (Å²) in [6, 6.07) is 7.59. The fourth-order valence-corrected chi connectivity index (χ4v) is 3.02. The van der Waals surface area contributed by atoms with Gasteiger partial charge in [0.25, 0.3) is 11.8 Å². The van der Waals surface area contributed by atoms with Crippen molar-refractivity contribution in [3.63, 3.8) is 0 Å². The second-order valence-corrected chi connectivity index (χ2v) is 6.38. The number of carbonyl (C=O) groups is 2. The molecule has 1 fully saturated rings. The third-order valence-electron chi connectivity index (χ3n) is 4.36. The third kappa shape index (κ3) is 5.36. The number of nitrogens with one attached hydrogen (secondary N) is 2. The average Bonchev–Trinajstić information content (AvgIpc) is 2.84. The maximum absolute atomic E-state index is 12.4.